The first-order valence-corrected chi connectivity index (χ1v) is 8.50. The molecule has 0 bridgehead atoms. The number of halogens is 1. The second kappa shape index (κ2) is 7.49. The summed E-state index contributed by atoms with van der Waals surface area (Å²) in [6.07, 6.45) is 2.97. The minimum absolute atomic E-state index is 0.0251. The number of rotatable bonds is 5. The van der Waals surface area contributed by atoms with Gasteiger partial charge in [0.15, 0.2) is 0 Å². The molecule has 128 valence electrons. The van der Waals surface area contributed by atoms with Gasteiger partial charge in [-0.3, -0.25) is 4.79 Å². The van der Waals surface area contributed by atoms with Gasteiger partial charge < -0.3 is 15.3 Å². The van der Waals surface area contributed by atoms with Crippen LogP contribution in [0.3, 0.4) is 0 Å². The van der Waals surface area contributed by atoms with E-state index in [2.05, 4.69) is 36.0 Å². The number of hydrogen-bond acceptors (Lipinski definition) is 4. The summed E-state index contributed by atoms with van der Waals surface area (Å²) in [6, 6.07) is 3.07. The zero-order valence-corrected chi connectivity index (χ0v) is 14.9. The highest BCUT2D eigenvalue weighted by Gasteiger charge is 2.22. The van der Waals surface area contributed by atoms with Crippen molar-refractivity contribution in [2.45, 2.75) is 46.1 Å². The number of aliphatic hydroxyl groups is 1. The SMILES string of the molecule is CC(C)(C)CC(CO)NC(=O)c1cc(Cl)nc(N2CCCC2)c1. The van der Waals surface area contributed by atoms with Crippen molar-refractivity contribution in [3.05, 3.63) is 22.8 Å². The van der Waals surface area contributed by atoms with Crippen LogP contribution in [-0.2, 0) is 0 Å². The summed E-state index contributed by atoms with van der Waals surface area (Å²) in [7, 11) is 0. The van der Waals surface area contributed by atoms with Crippen molar-refractivity contribution in [2.75, 3.05) is 24.6 Å². The number of aromatic nitrogens is 1. The molecule has 1 unspecified atom stereocenters. The van der Waals surface area contributed by atoms with E-state index < -0.39 is 0 Å². The Balaban J connectivity index is 2.11. The molecule has 1 aromatic heterocycles. The quantitative estimate of drug-likeness (QED) is 0.810. The van der Waals surface area contributed by atoms with Crippen LogP contribution in [-0.4, -0.2) is 41.7 Å². The number of carbonyl (C=O) groups excluding carboxylic acids is 1. The van der Waals surface area contributed by atoms with Crippen LogP contribution < -0.4 is 10.2 Å². The van der Waals surface area contributed by atoms with E-state index in [0.717, 1.165) is 31.7 Å². The molecule has 2 rings (SSSR count). The van der Waals surface area contributed by atoms with E-state index in [1.165, 1.54) is 0 Å². The highest BCUT2D eigenvalue weighted by molar-refractivity contribution is 6.29. The molecule has 23 heavy (non-hydrogen) atoms. The van der Waals surface area contributed by atoms with E-state index in [-0.39, 0.29) is 24.0 Å². The predicted molar refractivity (Wildman–Crippen MR) is 93.1 cm³/mol. The maximum absolute atomic E-state index is 12.5. The number of nitrogens with one attached hydrogen (secondary N) is 1. The molecule has 1 aromatic rings. The summed E-state index contributed by atoms with van der Waals surface area (Å²) < 4.78 is 0. The maximum atomic E-state index is 12.5. The maximum Gasteiger partial charge on any atom is 0.251 e. The number of aliphatic hydroxyl groups excluding tert-OH is 1. The van der Waals surface area contributed by atoms with Gasteiger partial charge in [0, 0.05) is 18.7 Å². The smallest absolute Gasteiger partial charge is 0.251 e. The van der Waals surface area contributed by atoms with E-state index in [9.17, 15) is 9.90 Å². The Labute approximate surface area is 143 Å². The fourth-order valence-electron chi connectivity index (χ4n) is 2.89. The molecule has 0 radical (unpaired) electrons. The van der Waals surface area contributed by atoms with Crippen molar-refractivity contribution in [1.82, 2.24) is 10.3 Å². The molecule has 0 saturated carbocycles. The first-order valence-electron chi connectivity index (χ1n) is 8.13. The third-order valence-corrected chi connectivity index (χ3v) is 4.08. The summed E-state index contributed by atoms with van der Waals surface area (Å²) in [5.41, 5.74) is 0.511. The van der Waals surface area contributed by atoms with Gasteiger partial charge >= 0.3 is 0 Å². The summed E-state index contributed by atoms with van der Waals surface area (Å²) in [5.74, 6) is 0.523. The van der Waals surface area contributed by atoms with Crippen LogP contribution in [0.25, 0.3) is 0 Å². The molecule has 1 saturated heterocycles. The molecule has 1 aliphatic rings. The molecule has 0 spiro atoms. The summed E-state index contributed by atoms with van der Waals surface area (Å²) >= 11 is 6.08. The highest BCUT2D eigenvalue weighted by Crippen LogP contribution is 2.23. The highest BCUT2D eigenvalue weighted by atomic mass is 35.5. The average Bonchev–Trinajstić information content (AvgIpc) is 2.98. The predicted octanol–water partition coefficient (Wildman–Crippen LogP) is 2.86. The third kappa shape index (κ3) is 5.36. The van der Waals surface area contributed by atoms with Crippen LogP contribution in [0.2, 0.25) is 5.15 Å². The molecular formula is C17H26ClN3O2. The van der Waals surface area contributed by atoms with Gasteiger partial charge in [0.05, 0.1) is 12.6 Å². The summed E-state index contributed by atoms with van der Waals surface area (Å²) in [6.45, 7) is 8.04. The molecule has 0 aromatic carbocycles. The molecule has 1 fully saturated rings. The number of hydrogen-bond donors (Lipinski definition) is 2. The van der Waals surface area contributed by atoms with E-state index in [1.807, 2.05) is 0 Å². The van der Waals surface area contributed by atoms with Crippen LogP contribution in [0.15, 0.2) is 12.1 Å². The zero-order valence-electron chi connectivity index (χ0n) is 14.1. The second-order valence-electron chi connectivity index (χ2n) is 7.35. The molecular weight excluding hydrogens is 314 g/mol. The molecule has 1 amide bonds. The standard InChI is InChI=1S/C17H26ClN3O2/c1-17(2,3)10-13(11-22)19-16(23)12-8-14(18)20-15(9-12)21-6-4-5-7-21/h8-9,13,22H,4-7,10-11H2,1-3H3,(H,19,23). The van der Waals surface area contributed by atoms with Crippen molar-refractivity contribution in [1.29, 1.82) is 0 Å². The molecule has 2 N–H and O–H groups in total. The Hall–Kier alpha value is -1.33. The van der Waals surface area contributed by atoms with E-state index >= 15 is 0 Å². The number of pyridine rings is 1. The fraction of sp³-hybridized carbons (Fsp3) is 0.647. The lowest BCUT2D eigenvalue weighted by Crippen LogP contribution is -2.40. The Morgan fingerprint density at radius 3 is 2.61 bits per heavy atom. The first-order chi connectivity index (χ1) is 10.8. The fourth-order valence-corrected chi connectivity index (χ4v) is 3.10. The summed E-state index contributed by atoms with van der Waals surface area (Å²) in [4.78, 5) is 19.0. The topological polar surface area (TPSA) is 65.5 Å². The van der Waals surface area contributed by atoms with Gasteiger partial charge in [0.1, 0.15) is 11.0 Å². The number of carbonyl (C=O) groups is 1. The van der Waals surface area contributed by atoms with E-state index in [4.69, 9.17) is 11.6 Å². The number of amides is 1. The lowest BCUT2D eigenvalue weighted by atomic mass is 9.88. The Morgan fingerprint density at radius 2 is 2.04 bits per heavy atom. The van der Waals surface area contributed by atoms with Crippen molar-refractivity contribution >= 4 is 23.3 Å². The minimum atomic E-state index is -0.273. The Bertz CT molecular complexity index is 551. The van der Waals surface area contributed by atoms with Crippen LogP contribution in [0.4, 0.5) is 5.82 Å². The van der Waals surface area contributed by atoms with Crippen molar-refractivity contribution in [2.24, 2.45) is 5.41 Å². The molecule has 2 heterocycles. The van der Waals surface area contributed by atoms with Crippen LogP contribution in [0.1, 0.15) is 50.4 Å². The first kappa shape index (κ1) is 18.0. The van der Waals surface area contributed by atoms with Gasteiger partial charge in [-0.1, -0.05) is 32.4 Å². The van der Waals surface area contributed by atoms with Crippen molar-refractivity contribution in [3.8, 4) is 0 Å². The Kier molecular flexibility index (Phi) is 5.87. The number of anilines is 1. The molecule has 6 heteroatoms. The molecule has 0 aliphatic carbocycles. The monoisotopic (exact) mass is 339 g/mol. The van der Waals surface area contributed by atoms with Gasteiger partial charge in [-0.05, 0) is 36.8 Å². The van der Waals surface area contributed by atoms with Gasteiger partial charge in [-0.25, -0.2) is 4.98 Å². The largest absolute Gasteiger partial charge is 0.394 e. The molecule has 1 atom stereocenters. The van der Waals surface area contributed by atoms with E-state index in [1.54, 1.807) is 12.1 Å². The lowest BCUT2D eigenvalue weighted by molar-refractivity contribution is 0.0897. The van der Waals surface area contributed by atoms with Crippen LogP contribution >= 0.6 is 11.6 Å². The molecule has 1 aliphatic heterocycles. The van der Waals surface area contributed by atoms with Gasteiger partial charge in [-0.15, -0.1) is 0 Å². The van der Waals surface area contributed by atoms with Crippen LogP contribution in [0.5, 0.6) is 0 Å². The van der Waals surface area contributed by atoms with Crippen molar-refractivity contribution in [3.63, 3.8) is 0 Å². The average molecular weight is 340 g/mol. The van der Waals surface area contributed by atoms with Crippen molar-refractivity contribution < 1.29 is 9.90 Å². The number of nitrogens with zero attached hydrogens (tertiary/aromatic N) is 2. The lowest BCUT2D eigenvalue weighted by Gasteiger charge is -2.25. The van der Waals surface area contributed by atoms with Crippen LogP contribution in [0, 0.1) is 5.41 Å². The van der Waals surface area contributed by atoms with E-state index in [0.29, 0.717) is 17.1 Å². The molecule has 5 nitrogen and oxygen atoms in total. The minimum Gasteiger partial charge on any atom is -0.394 e. The summed E-state index contributed by atoms with van der Waals surface area (Å²) in [5, 5.41) is 12.7. The second-order valence-corrected chi connectivity index (χ2v) is 7.74. The normalized spacial score (nSPS) is 16.5. The Morgan fingerprint density at radius 1 is 1.39 bits per heavy atom. The van der Waals surface area contributed by atoms with Gasteiger partial charge in [-0.2, -0.15) is 0 Å². The van der Waals surface area contributed by atoms with Gasteiger partial charge in [0.2, 0.25) is 0 Å². The van der Waals surface area contributed by atoms with Gasteiger partial charge in [0.25, 0.3) is 5.91 Å². The third-order valence-electron chi connectivity index (χ3n) is 3.89. The zero-order chi connectivity index (χ0) is 17.0.